The summed E-state index contributed by atoms with van der Waals surface area (Å²) in [6, 6.07) is 0. The van der Waals surface area contributed by atoms with Crippen LogP contribution in [0.15, 0.2) is 0 Å². The SMILES string of the molecule is CCCCCC(=O)NCC1(C)COC1. The molecule has 1 saturated heterocycles. The predicted molar refractivity (Wildman–Crippen MR) is 56.1 cm³/mol. The van der Waals surface area contributed by atoms with Crippen LogP contribution < -0.4 is 5.32 Å². The molecule has 0 unspecified atom stereocenters. The third kappa shape index (κ3) is 3.66. The van der Waals surface area contributed by atoms with Gasteiger partial charge in [0.2, 0.25) is 5.91 Å². The Morgan fingerprint density at radius 2 is 2.14 bits per heavy atom. The molecule has 0 radical (unpaired) electrons. The molecule has 1 rings (SSSR count). The Hall–Kier alpha value is -0.570. The van der Waals surface area contributed by atoms with Crippen LogP contribution in [0.1, 0.15) is 39.5 Å². The standard InChI is InChI=1S/C11H21NO2/c1-3-4-5-6-10(13)12-7-11(2)8-14-9-11/h3-9H2,1-2H3,(H,12,13). The first-order chi connectivity index (χ1) is 6.66. The molecule has 0 aliphatic carbocycles. The lowest BCUT2D eigenvalue weighted by Gasteiger charge is -2.38. The van der Waals surface area contributed by atoms with E-state index in [0.717, 1.165) is 32.6 Å². The molecule has 1 amide bonds. The summed E-state index contributed by atoms with van der Waals surface area (Å²) < 4.78 is 5.12. The maximum absolute atomic E-state index is 11.4. The molecule has 14 heavy (non-hydrogen) atoms. The van der Waals surface area contributed by atoms with E-state index in [0.29, 0.717) is 6.42 Å². The van der Waals surface area contributed by atoms with Gasteiger partial charge in [0, 0.05) is 18.4 Å². The maximum Gasteiger partial charge on any atom is 0.220 e. The van der Waals surface area contributed by atoms with Crippen molar-refractivity contribution in [1.82, 2.24) is 5.32 Å². The molecular formula is C11H21NO2. The molecule has 1 N–H and O–H groups in total. The van der Waals surface area contributed by atoms with Crippen molar-refractivity contribution >= 4 is 5.91 Å². The fourth-order valence-electron chi connectivity index (χ4n) is 1.49. The number of amides is 1. The summed E-state index contributed by atoms with van der Waals surface area (Å²) in [5, 5.41) is 2.97. The number of rotatable bonds is 6. The highest BCUT2D eigenvalue weighted by Crippen LogP contribution is 2.24. The van der Waals surface area contributed by atoms with Crippen molar-refractivity contribution in [2.24, 2.45) is 5.41 Å². The second kappa shape index (κ2) is 5.35. The highest BCUT2D eigenvalue weighted by Gasteiger charge is 2.33. The first-order valence-electron chi connectivity index (χ1n) is 5.51. The zero-order chi connectivity index (χ0) is 10.4. The Balaban J connectivity index is 2.03. The Kier molecular flexibility index (Phi) is 4.39. The fourth-order valence-corrected chi connectivity index (χ4v) is 1.49. The van der Waals surface area contributed by atoms with E-state index in [-0.39, 0.29) is 11.3 Å². The highest BCUT2D eigenvalue weighted by atomic mass is 16.5. The molecule has 0 aromatic rings. The van der Waals surface area contributed by atoms with Crippen LogP contribution in [0.4, 0.5) is 0 Å². The van der Waals surface area contributed by atoms with E-state index in [4.69, 9.17) is 4.74 Å². The van der Waals surface area contributed by atoms with Crippen LogP contribution in [0, 0.1) is 5.41 Å². The zero-order valence-corrected chi connectivity index (χ0v) is 9.27. The molecule has 1 heterocycles. The van der Waals surface area contributed by atoms with Gasteiger partial charge in [0.1, 0.15) is 0 Å². The predicted octanol–water partition coefficient (Wildman–Crippen LogP) is 1.72. The maximum atomic E-state index is 11.4. The van der Waals surface area contributed by atoms with Gasteiger partial charge in [-0.25, -0.2) is 0 Å². The smallest absolute Gasteiger partial charge is 0.220 e. The van der Waals surface area contributed by atoms with Gasteiger partial charge in [-0.3, -0.25) is 4.79 Å². The normalized spacial score (nSPS) is 18.7. The summed E-state index contributed by atoms with van der Waals surface area (Å²) in [6.45, 7) is 6.61. The molecule has 3 heteroatoms. The third-order valence-corrected chi connectivity index (χ3v) is 2.62. The number of hydrogen-bond donors (Lipinski definition) is 1. The van der Waals surface area contributed by atoms with E-state index in [9.17, 15) is 4.79 Å². The molecule has 3 nitrogen and oxygen atoms in total. The average molecular weight is 199 g/mol. The number of carbonyl (C=O) groups is 1. The van der Waals surface area contributed by atoms with Gasteiger partial charge in [0.05, 0.1) is 13.2 Å². The molecule has 1 fully saturated rings. The summed E-state index contributed by atoms with van der Waals surface area (Å²) >= 11 is 0. The van der Waals surface area contributed by atoms with E-state index in [1.165, 1.54) is 6.42 Å². The zero-order valence-electron chi connectivity index (χ0n) is 9.27. The van der Waals surface area contributed by atoms with E-state index >= 15 is 0 Å². The van der Waals surface area contributed by atoms with Crippen molar-refractivity contribution in [1.29, 1.82) is 0 Å². The number of carbonyl (C=O) groups excluding carboxylic acids is 1. The summed E-state index contributed by atoms with van der Waals surface area (Å²) in [5.41, 5.74) is 0.195. The minimum absolute atomic E-state index is 0.187. The van der Waals surface area contributed by atoms with Crippen LogP contribution in [0.2, 0.25) is 0 Å². The van der Waals surface area contributed by atoms with Gasteiger partial charge in [0.15, 0.2) is 0 Å². The lowest BCUT2D eigenvalue weighted by Crippen LogP contribution is -2.48. The first-order valence-corrected chi connectivity index (χ1v) is 5.51. The lowest BCUT2D eigenvalue weighted by molar-refractivity contribution is -0.126. The average Bonchev–Trinajstić information content (AvgIpc) is 2.12. The van der Waals surface area contributed by atoms with Gasteiger partial charge in [-0.1, -0.05) is 26.7 Å². The Morgan fingerprint density at radius 1 is 1.43 bits per heavy atom. The third-order valence-electron chi connectivity index (χ3n) is 2.62. The fraction of sp³-hybridized carbons (Fsp3) is 0.909. The molecule has 82 valence electrons. The van der Waals surface area contributed by atoms with Gasteiger partial charge in [-0.2, -0.15) is 0 Å². The van der Waals surface area contributed by atoms with Gasteiger partial charge in [-0.15, -0.1) is 0 Å². The van der Waals surface area contributed by atoms with Crippen LogP contribution in [0.25, 0.3) is 0 Å². The van der Waals surface area contributed by atoms with E-state index in [2.05, 4.69) is 19.2 Å². The van der Waals surface area contributed by atoms with Crippen molar-refractivity contribution in [3.05, 3.63) is 0 Å². The van der Waals surface area contributed by atoms with Gasteiger partial charge < -0.3 is 10.1 Å². The molecule has 0 saturated carbocycles. The lowest BCUT2D eigenvalue weighted by atomic mass is 9.89. The highest BCUT2D eigenvalue weighted by molar-refractivity contribution is 5.75. The van der Waals surface area contributed by atoms with E-state index in [1.54, 1.807) is 0 Å². The van der Waals surface area contributed by atoms with Gasteiger partial charge in [0.25, 0.3) is 0 Å². The number of nitrogens with one attached hydrogen (secondary N) is 1. The quantitative estimate of drug-likeness (QED) is 0.661. The topological polar surface area (TPSA) is 38.3 Å². The second-order valence-corrected chi connectivity index (χ2v) is 4.54. The van der Waals surface area contributed by atoms with Crippen LogP contribution in [0.5, 0.6) is 0 Å². The first kappa shape index (κ1) is 11.5. The van der Waals surface area contributed by atoms with Crippen molar-refractivity contribution in [2.45, 2.75) is 39.5 Å². The summed E-state index contributed by atoms with van der Waals surface area (Å²) in [7, 11) is 0. The van der Waals surface area contributed by atoms with Gasteiger partial charge >= 0.3 is 0 Å². The summed E-state index contributed by atoms with van der Waals surface area (Å²) in [6.07, 6.45) is 3.99. The van der Waals surface area contributed by atoms with Crippen molar-refractivity contribution < 1.29 is 9.53 Å². The van der Waals surface area contributed by atoms with Crippen LogP contribution in [-0.4, -0.2) is 25.7 Å². The molecule has 0 aromatic carbocycles. The van der Waals surface area contributed by atoms with Crippen LogP contribution in [-0.2, 0) is 9.53 Å². The summed E-state index contributed by atoms with van der Waals surface area (Å²) in [4.78, 5) is 11.4. The molecular weight excluding hydrogens is 178 g/mol. The number of hydrogen-bond acceptors (Lipinski definition) is 2. The second-order valence-electron chi connectivity index (χ2n) is 4.54. The Bertz CT molecular complexity index is 188. The minimum Gasteiger partial charge on any atom is -0.380 e. The van der Waals surface area contributed by atoms with Crippen molar-refractivity contribution in [3.63, 3.8) is 0 Å². The van der Waals surface area contributed by atoms with Crippen molar-refractivity contribution in [3.8, 4) is 0 Å². The Labute approximate surface area is 86.2 Å². The van der Waals surface area contributed by atoms with E-state index in [1.807, 2.05) is 0 Å². The molecule has 0 atom stereocenters. The minimum atomic E-state index is 0.187. The van der Waals surface area contributed by atoms with E-state index < -0.39 is 0 Å². The van der Waals surface area contributed by atoms with Crippen LogP contribution in [0.3, 0.4) is 0 Å². The largest absolute Gasteiger partial charge is 0.380 e. The molecule has 0 aromatic heterocycles. The number of ether oxygens (including phenoxy) is 1. The van der Waals surface area contributed by atoms with Crippen LogP contribution >= 0.6 is 0 Å². The number of unbranched alkanes of at least 4 members (excludes halogenated alkanes) is 2. The molecule has 1 aliphatic rings. The molecule has 1 aliphatic heterocycles. The molecule has 0 spiro atoms. The van der Waals surface area contributed by atoms with Crippen molar-refractivity contribution in [2.75, 3.05) is 19.8 Å². The summed E-state index contributed by atoms with van der Waals surface area (Å²) in [5.74, 6) is 0.187. The Morgan fingerprint density at radius 3 is 2.64 bits per heavy atom. The van der Waals surface area contributed by atoms with Gasteiger partial charge in [-0.05, 0) is 6.42 Å². The monoisotopic (exact) mass is 199 g/mol. The molecule has 0 bridgehead atoms.